The number of halogens is 4. The van der Waals surface area contributed by atoms with Crippen LogP contribution in [0.2, 0.25) is 0 Å². The SMILES string of the molecule is FC(F)(F)c1cccc(OC2COC2)c1.Fc1cnc(NSc2ccc3c(c2)OCCC3)nc1. The van der Waals surface area contributed by atoms with Crippen LogP contribution in [0.5, 0.6) is 11.5 Å². The van der Waals surface area contributed by atoms with Gasteiger partial charge in [0.2, 0.25) is 5.95 Å². The normalized spacial score (nSPS) is 15.2. The fraction of sp³-hybridized carbons (Fsp3) is 0.304. The molecule has 0 aliphatic carbocycles. The molecule has 180 valence electrons. The van der Waals surface area contributed by atoms with Gasteiger partial charge >= 0.3 is 6.18 Å². The van der Waals surface area contributed by atoms with E-state index in [2.05, 4.69) is 20.8 Å². The van der Waals surface area contributed by atoms with Crippen molar-refractivity contribution in [3.63, 3.8) is 0 Å². The number of fused-ring (bicyclic) bond motifs is 1. The summed E-state index contributed by atoms with van der Waals surface area (Å²) in [5.74, 6) is 1.11. The van der Waals surface area contributed by atoms with E-state index in [1.807, 2.05) is 12.1 Å². The third-order valence-corrected chi connectivity index (χ3v) is 5.61. The molecule has 34 heavy (non-hydrogen) atoms. The van der Waals surface area contributed by atoms with Gasteiger partial charge in [0.15, 0.2) is 5.82 Å². The summed E-state index contributed by atoms with van der Waals surface area (Å²) in [5, 5.41) is 0. The molecule has 2 aromatic carbocycles. The third kappa shape index (κ3) is 6.73. The summed E-state index contributed by atoms with van der Waals surface area (Å²) < 4.78 is 68.3. The highest BCUT2D eigenvalue weighted by molar-refractivity contribution is 8.00. The molecule has 11 heteroatoms. The Bertz CT molecular complexity index is 1100. The zero-order chi connectivity index (χ0) is 24.0. The lowest BCUT2D eigenvalue weighted by molar-refractivity contribution is -0.137. The first-order chi connectivity index (χ1) is 16.4. The van der Waals surface area contributed by atoms with Crippen LogP contribution in [-0.2, 0) is 17.3 Å². The van der Waals surface area contributed by atoms with E-state index in [0.717, 1.165) is 54.6 Å². The number of aryl methyl sites for hydroxylation is 1. The summed E-state index contributed by atoms with van der Waals surface area (Å²) in [6.45, 7) is 1.65. The number of nitrogens with zero attached hydrogens (tertiary/aromatic N) is 2. The third-order valence-electron chi connectivity index (χ3n) is 4.84. The van der Waals surface area contributed by atoms with Gasteiger partial charge in [0, 0.05) is 4.90 Å². The number of benzene rings is 2. The smallest absolute Gasteiger partial charge is 0.416 e. The summed E-state index contributed by atoms with van der Waals surface area (Å²) in [6, 6.07) is 10.9. The van der Waals surface area contributed by atoms with E-state index in [4.69, 9.17) is 14.2 Å². The van der Waals surface area contributed by atoms with Crippen LogP contribution in [0.3, 0.4) is 0 Å². The first-order valence-corrected chi connectivity index (χ1v) is 11.3. The van der Waals surface area contributed by atoms with E-state index >= 15 is 0 Å². The van der Waals surface area contributed by atoms with Crippen molar-refractivity contribution in [2.75, 3.05) is 24.5 Å². The highest BCUT2D eigenvalue weighted by Crippen LogP contribution is 2.32. The molecule has 6 nitrogen and oxygen atoms in total. The summed E-state index contributed by atoms with van der Waals surface area (Å²) in [7, 11) is 0. The monoisotopic (exact) mass is 495 g/mol. The van der Waals surface area contributed by atoms with Gasteiger partial charge in [0.1, 0.15) is 17.6 Å². The number of hydrogen-bond donors (Lipinski definition) is 1. The topological polar surface area (TPSA) is 65.5 Å². The van der Waals surface area contributed by atoms with Crippen molar-refractivity contribution in [2.45, 2.75) is 30.0 Å². The summed E-state index contributed by atoms with van der Waals surface area (Å²) >= 11 is 1.37. The zero-order valence-electron chi connectivity index (χ0n) is 17.8. The first kappa shape index (κ1) is 24.1. The molecule has 0 unspecified atom stereocenters. The molecule has 3 aromatic rings. The van der Waals surface area contributed by atoms with Gasteiger partial charge in [-0.05, 0) is 60.7 Å². The average molecular weight is 495 g/mol. The zero-order valence-corrected chi connectivity index (χ0v) is 18.7. The molecule has 0 radical (unpaired) electrons. The van der Waals surface area contributed by atoms with Crippen LogP contribution in [0.25, 0.3) is 0 Å². The van der Waals surface area contributed by atoms with Gasteiger partial charge in [-0.3, -0.25) is 4.72 Å². The van der Waals surface area contributed by atoms with E-state index in [-0.39, 0.29) is 11.9 Å². The Kier molecular flexibility index (Phi) is 7.73. The van der Waals surface area contributed by atoms with Crippen molar-refractivity contribution < 1.29 is 31.8 Å². The molecule has 1 saturated heterocycles. The predicted molar refractivity (Wildman–Crippen MR) is 118 cm³/mol. The highest BCUT2D eigenvalue weighted by atomic mass is 32.2. The van der Waals surface area contributed by atoms with Gasteiger partial charge in [0.25, 0.3) is 0 Å². The van der Waals surface area contributed by atoms with Crippen molar-refractivity contribution >= 4 is 17.9 Å². The largest absolute Gasteiger partial charge is 0.493 e. The predicted octanol–water partition coefficient (Wildman–Crippen LogP) is 5.54. The van der Waals surface area contributed by atoms with Gasteiger partial charge < -0.3 is 14.2 Å². The van der Waals surface area contributed by atoms with Crippen molar-refractivity contribution in [1.82, 2.24) is 9.97 Å². The van der Waals surface area contributed by atoms with Gasteiger partial charge in [-0.1, -0.05) is 12.1 Å². The van der Waals surface area contributed by atoms with Crippen LogP contribution in [0, 0.1) is 5.82 Å². The van der Waals surface area contributed by atoms with E-state index in [1.165, 1.54) is 29.6 Å². The number of ether oxygens (including phenoxy) is 3. The Labute approximate surface area is 197 Å². The Morgan fingerprint density at radius 3 is 2.56 bits per heavy atom. The van der Waals surface area contributed by atoms with Crippen molar-refractivity contribution in [2.24, 2.45) is 0 Å². The van der Waals surface area contributed by atoms with E-state index in [9.17, 15) is 17.6 Å². The number of hydrogen-bond acceptors (Lipinski definition) is 7. The fourth-order valence-electron chi connectivity index (χ4n) is 3.07. The van der Waals surface area contributed by atoms with E-state index < -0.39 is 17.6 Å². The molecule has 0 amide bonds. The minimum atomic E-state index is -4.32. The van der Waals surface area contributed by atoms with Gasteiger partial charge in [-0.2, -0.15) is 13.2 Å². The average Bonchev–Trinajstić information content (AvgIpc) is 2.81. The first-order valence-electron chi connectivity index (χ1n) is 10.4. The second-order valence-corrected chi connectivity index (χ2v) is 8.33. The van der Waals surface area contributed by atoms with E-state index in [1.54, 1.807) is 0 Å². The molecule has 1 N–H and O–H groups in total. The molecule has 2 aliphatic heterocycles. The van der Waals surface area contributed by atoms with Gasteiger partial charge in [-0.15, -0.1) is 0 Å². The maximum Gasteiger partial charge on any atom is 0.416 e. The van der Waals surface area contributed by atoms with E-state index in [0.29, 0.717) is 19.2 Å². The second-order valence-electron chi connectivity index (χ2n) is 7.45. The van der Waals surface area contributed by atoms with Crippen molar-refractivity contribution in [3.8, 4) is 11.5 Å². The highest BCUT2D eigenvalue weighted by Gasteiger charge is 2.31. The second kappa shape index (κ2) is 10.9. The molecule has 2 aliphatic rings. The quantitative estimate of drug-likeness (QED) is 0.368. The number of rotatable bonds is 5. The van der Waals surface area contributed by atoms with Gasteiger partial charge in [0.05, 0.1) is 37.8 Å². The van der Waals surface area contributed by atoms with Crippen LogP contribution in [0.4, 0.5) is 23.5 Å². The number of alkyl halides is 3. The fourth-order valence-corrected chi connectivity index (χ4v) is 3.69. The lowest BCUT2D eigenvalue weighted by atomic mass is 10.1. The Balaban J connectivity index is 0.000000166. The molecule has 1 fully saturated rings. The van der Waals surface area contributed by atoms with Crippen LogP contribution < -0.4 is 14.2 Å². The lowest BCUT2D eigenvalue weighted by Crippen LogP contribution is -2.38. The maximum atomic E-state index is 12.7. The molecule has 5 rings (SSSR count). The summed E-state index contributed by atoms with van der Waals surface area (Å²) in [4.78, 5) is 8.67. The molecule has 0 saturated carbocycles. The van der Waals surface area contributed by atoms with Crippen LogP contribution in [0.15, 0.2) is 59.8 Å². The Morgan fingerprint density at radius 1 is 1.06 bits per heavy atom. The maximum absolute atomic E-state index is 12.7. The minimum Gasteiger partial charge on any atom is -0.493 e. The molecule has 0 spiro atoms. The lowest BCUT2D eigenvalue weighted by Gasteiger charge is -2.26. The molecule has 1 aromatic heterocycles. The van der Waals surface area contributed by atoms with Crippen molar-refractivity contribution in [1.29, 1.82) is 0 Å². The number of anilines is 1. The molecular formula is C23H21F4N3O3S. The molecule has 0 bridgehead atoms. The number of aromatic nitrogens is 2. The van der Waals surface area contributed by atoms with Crippen LogP contribution in [0.1, 0.15) is 17.5 Å². The summed E-state index contributed by atoms with van der Waals surface area (Å²) in [5.41, 5.74) is 0.550. The van der Waals surface area contributed by atoms with Gasteiger partial charge in [-0.25, -0.2) is 14.4 Å². The standard InChI is InChI=1S/C13H12FN3OS.C10H9F3O2/c14-10-7-15-13(16-8-10)17-19-11-4-3-9-2-1-5-18-12(9)6-11;11-10(12,13)7-2-1-3-8(4-7)15-9-5-14-6-9/h3-4,6-8H,1-2,5H2,(H,15,16,17);1-4,9H,5-6H2. The van der Waals surface area contributed by atoms with Crippen molar-refractivity contribution in [3.05, 3.63) is 71.8 Å². The van der Waals surface area contributed by atoms with Crippen LogP contribution >= 0.6 is 11.9 Å². The molecule has 3 heterocycles. The van der Waals surface area contributed by atoms with Crippen LogP contribution in [-0.4, -0.2) is 35.9 Å². The minimum absolute atomic E-state index is 0.117. The molecular weight excluding hydrogens is 474 g/mol. The number of nitrogens with one attached hydrogen (secondary N) is 1. The molecule has 0 atom stereocenters. The Morgan fingerprint density at radius 2 is 1.85 bits per heavy atom. The Hall–Kier alpha value is -3.05. The summed E-state index contributed by atoms with van der Waals surface area (Å²) in [6.07, 6.45) is -0.0446.